The maximum atomic E-state index is 12.7. The Hall–Kier alpha value is -3.00. The lowest BCUT2D eigenvalue weighted by Gasteiger charge is -2.17. The maximum absolute atomic E-state index is 12.7. The van der Waals surface area contributed by atoms with E-state index in [2.05, 4.69) is 22.2 Å². The van der Waals surface area contributed by atoms with Crippen molar-refractivity contribution in [2.24, 2.45) is 0 Å². The van der Waals surface area contributed by atoms with Gasteiger partial charge in [0.1, 0.15) is 0 Å². The summed E-state index contributed by atoms with van der Waals surface area (Å²) in [5, 5.41) is 3.33. The summed E-state index contributed by atoms with van der Waals surface area (Å²) in [5.74, 6) is 1.00. The van der Waals surface area contributed by atoms with Crippen LogP contribution in [0, 0.1) is 13.8 Å². The molecule has 3 N–H and O–H groups in total. The number of rotatable bonds is 8. The van der Waals surface area contributed by atoms with E-state index in [1.54, 1.807) is 12.1 Å². The highest BCUT2D eigenvalue weighted by molar-refractivity contribution is 7.80. The highest BCUT2D eigenvalue weighted by Gasteiger charge is 2.18. The van der Waals surface area contributed by atoms with Crippen LogP contribution in [-0.2, 0) is 0 Å². The zero-order valence-corrected chi connectivity index (χ0v) is 18.9. The number of hydrogen-bond donors (Lipinski definition) is 3. The van der Waals surface area contributed by atoms with Gasteiger partial charge >= 0.3 is 0 Å². The van der Waals surface area contributed by atoms with E-state index < -0.39 is 0 Å². The molecule has 162 valence electrons. The second kappa shape index (κ2) is 11.3. The molecule has 0 aromatic heterocycles. The fraction of sp³-hybridized carbons (Fsp3) is 0.364. The molecule has 1 amide bonds. The van der Waals surface area contributed by atoms with E-state index in [1.165, 1.54) is 0 Å². The van der Waals surface area contributed by atoms with E-state index in [0.29, 0.717) is 42.6 Å². The molecule has 2 aromatic carbocycles. The molecule has 30 heavy (non-hydrogen) atoms. The van der Waals surface area contributed by atoms with E-state index >= 15 is 0 Å². The lowest BCUT2D eigenvalue weighted by atomic mass is 10.1. The van der Waals surface area contributed by atoms with Gasteiger partial charge in [0.25, 0.3) is 5.91 Å². The molecule has 0 spiro atoms. The van der Waals surface area contributed by atoms with Crippen LogP contribution in [0.5, 0.6) is 17.2 Å². The van der Waals surface area contributed by atoms with Gasteiger partial charge in [-0.25, -0.2) is 0 Å². The number of nitrogens with one attached hydrogen (secondary N) is 3. The number of carbonyl (C=O) groups is 1. The molecule has 0 atom stereocenters. The van der Waals surface area contributed by atoms with Crippen molar-refractivity contribution in [1.29, 1.82) is 0 Å². The van der Waals surface area contributed by atoms with Crippen molar-refractivity contribution in [2.75, 3.05) is 25.1 Å². The third kappa shape index (κ3) is 6.52. The van der Waals surface area contributed by atoms with Gasteiger partial charge in [0.2, 0.25) is 5.75 Å². The van der Waals surface area contributed by atoms with Gasteiger partial charge in [0.15, 0.2) is 16.6 Å². The van der Waals surface area contributed by atoms with Crippen molar-refractivity contribution in [2.45, 2.75) is 34.6 Å². The van der Waals surface area contributed by atoms with Crippen molar-refractivity contribution in [3.8, 4) is 17.2 Å². The first-order chi connectivity index (χ1) is 14.4. The van der Waals surface area contributed by atoms with E-state index in [9.17, 15) is 4.79 Å². The highest BCUT2D eigenvalue weighted by Crippen LogP contribution is 2.39. The summed E-state index contributed by atoms with van der Waals surface area (Å²) >= 11 is 5.27. The normalized spacial score (nSPS) is 10.2. The molecule has 0 aliphatic rings. The fourth-order valence-corrected chi connectivity index (χ4v) is 3.08. The van der Waals surface area contributed by atoms with Gasteiger partial charge in [-0.2, -0.15) is 0 Å². The second-order valence-electron chi connectivity index (χ2n) is 6.51. The fourth-order valence-electron chi connectivity index (χ4n) is 2.91. The molecule has 0 aliphatic heterocycles. The lowest BCUT2D eigenvalue weighted by Crippen LogP contribution is -2.43. The Kier molecular flexibility index (Phi) is 8.73. The molecule has 7 nitrogen and oxygen atoms in total. The molecule has 0 radical (unpaired) electrons. The van der Waals surface area contributed by atoms with Crippen LogP contribution in [0.2, 0.25) is 0 Å². The number of hydrazine groups is 1. The minimum absolute atomic E-state index is 0.273. The number of carbonyl (C=O) groups excluding carboxylic acids is 1. The molecule has 0 fully saturated rings. The number of anilines is 1. The van der Waals surface area contributed by atoms with Crippen molar-refractivity contribution in [1.82, 2.24) is 10.9 Å². The van der Waals surface area contributed by atoms with Crippen molar-refractivity contribution < 1.29 is 19.0 Å². The Morgan fingerprint density at radius 2 is 1.37 bits per heavy atom. The molecule has 0 saturated heterocycles. The number of benzene rings is 2. The number of thiocarbonyl (C=S) groups is 1. The standard InChI is InChI=1S/C22H29N3O4S/c1-6-27-18-12-16(13-19(28-7-2)20(18)29-8-3)21(26)24-25-22(30)23-17-10-14(4)9-15(5)11-17/h9-13H,6-8H2,1-5H3,(H,24,26)(H2,23,25,30). The minimum Gasteiger partial charge on any atom is -0.490 e. The van der Waals surface area contributed by atoms with Gasteiger partial charge in [-0.05, 0) is 82.2 Å². The summed E-state index contributed by atoms with van der Waals surface area (Å²) in [7, 11) is 0. The Morgan fingerprint density at radius 3 is 1.87 bits per heavy atom. The number of ether oxygens (including phenoxy) is 3. The number of aryl methyl sites for hydroxylation is 2. The van der Waals surface area contributed by atoms with Gasteiger partial charge in [-0.15, -0.1) is 0 Å². The van der Waals surface area contributed by atoms with E-state index in [1.807, 2.05) is 46.8 Å². The zero-order chi connectivity index (χ0) is 22.1. The van der Waals surface area contributed by atoms with Gasteiger partial charge in [0.05, 0.1) is 19.8 Å². The Labute approximate surface area is 183 Å². The smallest absolute Gasteiger partial charge is 0.269 e. The Balaban J connectivity index is 2.12. The molecule has 0 bridgehead atoms. The second-order valence-corrected chi connectivity index (χ2v) is 6.92. The summed E-state index contributed by atoms with van der Waals surface area (Å²) in [4.78, 5) is 12.7. The monoisotopic (exact) mass is 431 g/mol. The number of hydrogen-bond acceptors (Lipinski definition) is 5. The summed E-state index contributed by atoms with van der Waals surface area (Å²) in [6, 6.07) is 9.25. The van der Waals surface area contributed by atoms with E-state index in [0.717, 1.165) is 16.8 Å². The predicted molar refractivity (Wildman–Crippen MR) is 123 cm³/mol. The van der Waals surface area contributed by atoms with Crippen molar-refractivity contribution >= 4 is 28.9 Å². The molecule has 0 unspecified atom stereocenters. The SMILES string of the molecule is CCOc1cc(C(=O)NNC(=S)Nc2cc(C)cc(C)c2)cc(OCC)c1OCC. The first-order valence-electron chi connectivity index (χ1n) is 9.89. The average molecular weight is 432 g/mol. The number of amides is 1. The largest absolute Gasteiger partial charge is 0.490 e. The first kappa shape index (κ1) is 23.3. The van der Waals surface area contributed by atoms with Crippen molar-refractivity contribution in [3.05, 3.63) is 47.0 Å². The van der Waals surface area contributed by atoms with Crippen LogP contribution in [0.15, 0.2) is 30.3 Å². The summed E-state index contributed by atoms with van der Waals surface area (Å²) in [6.07, 6.45) is 0. The van der Waals surface area contributed by atoms with Gasteiger partial charge < -0.3 is 19.5 Å². The molecule has 0 aliphatic carbocycles. The van der Waals surface area contributed by atoms with Crippen LogP contribution in [-0.4, -0.2) is 30.8 Å². The lowest BCUT2D eigenvalue weighted by molar-refractivity contribution is 0.0943. The molecule has 8 heteroatoms. The third-order valence-electron chi connectivity index (χ3n) is 3.94. The Bertz CT molecular complexity index is 855. The van der Waals surface area contributed by atoms with Crippen LogP contribution in [0.25, 0.3) is 0 Å². The van der Waals surface area contributed by atoms with Crippen LogP contribution < -0.4 is 30.4 Å². The predicted octanol–water partition coefficient (Wildman–Crippen LogP) is 4.13. The third-order valence-corrected chi connectivity index (χ3v) is 4.14. The van der Waals surface area contributed by atoms with E-state index in [4.69, 9.17) is 26.4 Å². The summed E-state index contributed by atoms with van der Waals surface area (Å²) in [5.41, 5.74) is 8.74. The van der Waals surface area contributed by atoms with Crippen LogP contribution in [0.1, 0.15) is 42.3 Å². The molecule has 0 saturated carbocycles. The molecule has 2 aromatic rings. The average Bonchev–Trinajstić information content (AvgIpc) is 2.68. The highest BCUT2D eigenvalue weighted by atomic mass is 32.1. The van der Waals surface area contributed by atoms with Crippen LogP contribution >= 0.6 is 12.2 Å². The quantitative estimate of drug-likeness (QED) is 0.428. The van der Waals surface area contributed by atoms with Gasteiger partial charge in [-0.1, -0.05) is 6.07 Å². The summed E-state index contributed by atoms with van der Waals surface area (Å²) in [6.45, 7) is 10.9. The maximum Gasteiger partial charge on any atom is 0.269 e. The first-order valence-corrected chi connectivity index (χ1v) is 10.3. The topological polar surface area (TPSA) is 80.9 Å². The van der Waals surface area contributed by atoms with Gasteiger partial charge in [-0.3, -0.25) is 15.6 Å². The zero-order valence-electron chi connectivity index (χ0n) is 18.0. The molecular weight excluding hydrogens is 402 g/mol. The summed E-state index contributed by atoms with van der Waals surface area (Å²) < 4.78 is 17.0. The van der Waals surface area contributed by atoms with Crippen molar-refractivity contribution in [3.63, 3.8) is 0 Å². The van der Waals surface area contributed by atoms with Crippen LogP contribution in [0.3, 0.4) is 0 Å². The van der Waals surface area contributed by atoms with Crippen LogP contribution in [0.4, 0.5) is 5.69 Å². The van der Waals surface area contributed by atoms with Gasteiger partial charge in [0, 0.05) is 11.3 Å². The minimum atomic E-state index is -0.385. The Morgan fingerprint density at radius 1 is 0.833 bits per heavy atom. The van der Waals surface area contributed by atoms with E-state index in [-0.39, 0.29) is 11.0 Å². The molecule has 0 heterocycles. The molecular formula is C22H29N3O4S. The molecule has 2 rings (SSSR count).